The molecule has 2 aromatic carbocycles. The minimum atomic E-state index is -1.28. The maximum atomic E-state index is 13.6. The predicted molar refractivity (Wildman–Crippen MR) is 81.4 cm³/mol. The first-order chi connectivity index (χ1) is 11.2. The Morgan fingerprint density at radius 1 is 0.917 bits per heavy atom. The van der Waals surface area contributed by atoms with Gasteiger partial charge in [0.15, 0.2) is 11.6 Å². The van der Waals surface area contributed by atoms with Gasteiger partial charge in [-0.05, 0) is 0 Å². The van der Waals surface area contributed by atoms with Crippen LogP contribution in [-0.4, -0.2) is 14.8 Å². The van der Waals surface area contributed by atoms with Crippen LogP contribution in [0, 0.1) is 37.7 Å². The van der Waals surface area contributed by atoms with Gasteiger partial charge in [-0.15, -0.1) is 0 Å². The second kappa shape index (κ2) is 6.58. The molecule has 0 atom stereocenters. The molecule has 0 saturated carbocycles. The van der Waals surface area contributed by atoms with Crippen molar-refractivity contribution in [3.05, 3.63) is 73.6 Å². The van der Waals surface area contributed by atoms with Crippen LogP contribution in [0.1, 0.15) is 5.56 Å². The van der Waals surface area contributed by atoms with Gasteiger partial charge in [0.25, 0.3) is 11.4 Å². The molecular weight excluding hydrogens is 351 g/mol. The van der Waals surface area contributed by atoms with Gasteiger partial charge >= 0.3 is 0 Å². The van der Waals surface area contributed by atoms with Crippen LogP contribution in [0.5, 0.6) is 0 Å². The Morgan fingerprint density at radius 2 is 1.38 bits per heavy atom. The normalized spacial score (nSPS) is 10.3. The van der Waals surface area contributed by atoms with E-state index in [0.29, 0.717) is 18.2 Å². The summed E-state index contributed by atoms with van der Waals surface area (Å²) in [5.41, 5.74) is -2.23. The molecule has 0 spiro atoms. The van der Waals surface area contributed by atoms with Gasteiger partial charge in [0.2, 0.25) is 0 Å². The van der Waals surface area contributed by atoms with Gasteiger partial charge in [-0.2, -0.15) is 0 Å². The van der Waals surface area contributed by atoms with E-state index in [1.54, 1.807) is 0 Å². The highest BCUT2D eigenvalue weighted by atomic mass is 32.1. The van der Waals surface area contributed by atoms with Gasteiger partial charge in [-0.25, -0.2) is 13.2 Å². The number of nitrogens with zero attached hydrogens (tertiary/aromatic N) is 2. The van der Waals surface area contributed by atoms with Crippen LogP contribution in [0.3, 0.4) is 0 Å². The van der Waals surface area contributed by atoms with Gasteiger partial charge < -0.3 is 5.32 Å². The summed E-state index contributed by atoms with van der Waals surface area (Å²) in [5, 5.41) is 23.7. The number of benzene rings is 2. The van der Waals surface area contributed by atoms with Crippen LogP contribution < -0.4 is 5.32 Å². The summed E-state index contributed by atoms with van der Waals surface area (Å²) in [6.45, 7) is 0. The molecule has 1 N–H and O–H groups in total. The van der Waals surface area contributed by atoms with Crippen LogP contribution in [0.2, 0.25) is 0 Å². The van der Waals surface area contributed by atoms with E-state index in [2.05, 4.69) is 5.32 Å². The molecule has 0 heterocycles. The number of nitro groups is 2. The quantitative estimate of drug-likeness (QED) is 0.509. The van der Waals surface area contributed by atoms with Gasteiger partial charge in [0, 0.05) is 29.8 Å². The molecule has 124 valence electrons. The van der Waals surface area contributed by atoms with Gasteiger partial charge in [-0.3, -0.25) is 20.2 Å². The van der Waals surface area contributed by atoms with Crippen molar-refractivity contribution in [1.82, 2.24) is 0 Å². The highest BCUT2D eigenvalue weighted by molar-refractivity contribution is 7.81. The number of halogens is 3. The first-order valence-corrected chi connectivity index (χ1v) is 6.49. The fraction of sp³-hybridized carbons (Fsp3) is 0. The van der Waals surface area contributed by atoms with Crippen molar-refractivity contribution < 1.29 is 23.0 Å². The molecule has 0 aliphatic rings. The van der Waals surface area contributed by atoms with E-state index in [1.165, 1.54) is 0 Å². The van der Waals surface area contributed by atoms with Gasteiger partial charge in [-0.1, -0.05) is 12.2 Å². The molecule has 0 bridgehead atoms. The summed E-state index contributed by atoms with van der Waals surface area (Å²) in [5.74, 6) is -3.71. The van der Waals surface area contributed by atoms with Crippen molar-refractivity contribution in [2.45, 2.75) is 0 Å². The fourth-order valence-electron chi connectivity index (χ4n) is 1.78. The Morgan fingerprint density at radius 3 is 1.79 bits per heavy atom. The lowest BCUT2D eigenvalue weighted by Gasteiger charge is -2.10. The first kappa shape index (κ1) is 17.3. The van der Waals surface area contributed by atoms with E-state index in [0.717, 1.165) is 12.1 Å². The Bertz CT molecular complexity index is 820. The lowest BCUT2D eigenvalue weighted by molar-refractivity contribution is -0.394. The summed E-state index contributed by atoms with van der Waals surface area (Å²) < 4.78 is 40.0. The van der Waals surface area contributed by atoms with Crippen molar-refractivity contribution >= 4 is 34.3 Å². The Kier molecular flexibility index (Phi) is 4.74. The number of thiocarbonyl (C=S) groups is 1. The summed E-state index contributed by atoms with van der Waals surface area (Å²) in [6.07, 6.45) is 0. The topological polar surface area (TPSA) is 98.3 Å². The number of nitrogens with one attached hydrogen (secondary N) is 1. The molecule has 11 heteroatoms. The SMILES string of the molecule is O=[N+]([O-])c1cc(C(=S)Nc2c(F)cc(F)cc2F)cc([N+](=O)[O-])c1. The summed E-state index contributed by atoms with van der Waals surface area (Å²) in [4.78, 5) is 19.5. The van der Waals surface area contributed by atoms with Crippen molar-refractivity contribution in [1.29, 1.82) is 0 Å². The van der Waals surface area contributed by atoms with Crippen LogP contribution in [0.25, 0.3) is 0 Å². The lowest BCUT2D eigenvalue weighted by Crippen LogP contribution is -2.14. The molecule has 0 amide bonds. The number of rotatable bonds is 4. The standard InChI is InChI=1S/C13H6F3N3O4S/c14-7-3-10(15)12(11(16)4-7)17-13(24)6-1-8(18(20)21)5-9(2-6)19(22)23/h1-5H,(H,17,24). The van der Waals surface area contributed by atoms with Crippen LogP contribution >= 0.6 is 12.2 Å². The van der Waals surface area contributed by atoms with E-state index < -0.39 is 49.3 Å². The minimum absolute atomic E-state index is 0.200. The van der Waals surface area contributed by atoms with E-state index in [9.17, 15) is 33.4 Å². The zero-order valence-electron chi connectivity index (χ0n) is 11.5. The Hall–Kier alpha value is -3.08. The zero-order chi connectivity index (χ0) is 18.0. The molecule has 2 rings (SSSR count). The lowest BCUT2D eigenvalue weighted by atomic mass is 10.1. The monoisotopic (exact) mass is 357 g/mol. The molecule has 0 aliphatic heterocycles. The molecule has 0 aromatic heterocycles. The molecule has 0 unspecified atom stereocenters. The molecule has 0 fully saturated rings. The molecular formula is C13H6F3N3O4S. The van der Waals surface area contributed by atoms with E-state index in [4.69, 9.17) is 12.2 Å². The van der Waals surface area contributed by atoms with Crippen LogP contribution in [0.4, 0.5) is 30.2 Å². The van der Waals surface area contributed by atoms with Crippen LogP contribution in [0.15, 0.2) is 30.3 Å². The van der Waals surface area contributed by atoms with E-state index >= 15 is 0 Å². The second-order valence-corrected chi connectivity index (χ2v) is 4.86. The van der Waals surface area contributed by atoms with Crippen molar-refractivity contribution in [3.8, 4) is 0 Å². The molecule has 7 nitrogen and oxygen atoms in total. The maximum Gasteiger partial charge on any atom is 0.277 e. The molecule has 0 radical (unpaired) electrons. The largest absolute Gasteiger partial charge is 0.341 e. The third-order valence-electron chi connectivity index (χ3n) is 2.83. The van der Waals surface area contributed by atoms with Crippen molar-refractivity contribution in [2.75, 3.05) is 5.32 Å². The zero-order valence-corrected chi connectivity index (χ0v) is 12.3. The predicted octanol–water partition coefficient (Wildman–Crippen LogP) is 3.71. The maximum absolute atomic E-state index is 13.6. The molecule has 0 saturated heterocycles. The number of hydrogen-bond acceptors (Lipinski definition) is 5. The minimum Gasteiger partial charge on any atom is -0.341 e. The third-order valence-corrected chi connectivity index (χ3v) is 3.17. The second-order valence-electron chi connectivity index (χ2n) is 4.45. The summed E-state index contributed by atoms with van der Waals surface area (Å²) >= 11 is 4.86. The average Bonchev–Trinajstić information content (AvgIpc) is 2.49. The number of non-ortho nitro benzene ring substituents is 2. The highest BCUT2D eigenvalue weighted by Crippen LogP contribution is 2.25. The third kappa shape index (κ3) is 3.63. The molecule has 2 aromatic rings. The number of nitro benzene ring substituents is 2. The fourth-order valence-corrected chi connectivity index (χ4v) is 2.00. The van der Waals surface area contributed by atoms with Gasteiger partial charge in [0.05, 0.1) is 15.9 Å². The highest BCUT2D eigenvalue weighted by Gasteiger charge is 2.20. The summed E-state index contributed by atoms with van der Waals surface area (Å²) in [7, 11) is 0. The number of hydrogen-bond donors (Lipinski definition) is 1. The Balaban J connectivity index is 2.43. The van der Waals surface area contributed by atoms with E-state index in [1.807, 2.05) is 0 Å². The first-order valence-electron chi connectivity index (χ1n) is 6.09. The van der Waals surface area contributed by atoms with Crippen LogP contribution in [-0.2, 0) is 0 Å². The van der Waals surface area contributed by atoms with E-state index in [-0.39, 0.29) is 5.56 Å². The summed E-state index contributed by atoms with van der Waals surface area (Å²) in [6, 6.07) is 3.34. The van der Waals surface area contributed by atoms with Gasteiger partial charge in [0.1, 0.15) is 16.5 Å². The van der Waals surface area contributed by atoms with Crippen molar-refractivity contribution in [2.24, 2.45) is 0 Å². The smallest absolute Gasteiger partial charge is 0.277 e. The molecule has 24 heavy (non-hydrogen) atoms. The molecule has 0 aliphatic carbocycles. The average molecular weight is 357 g/mol. The Labute approximate surface area is 137 Å². The van der Waals surface area contributed by atoms with Crippen molar-refractivity contribution in [3.63, 3.8) is 0 Å². The number of anilines is 1.